The number of hydrogen-bond acceptors (Lipinski definition) is 5. The second kappa shape index (κ2) is 5.61. The zero-order chi connectivity index (χ0) is 17.6. The number of nitrogens with two attached hydrogens (primary N) is 1. The maximum atomic E-state index is 11.3. The van der Waals surface area contributed by atoms with Gasteiger partial charge in [-0.3, -0.25) is 0 Å². The van der Waals surface area contributed by atoms with Crippen LogP contribution in [0.5, 0.6) is 0 Å². The number of benzene rings is 1. The molecule has 1 aromatic carbocycles. The van der Waals surface area contributed by atoms with E-state index in [0.717, 1.165) is 33.1 Å². The standard InChI is InChI=1S/C17H15N5O2S/c1-11-2-4-13-15(8-11)21-20-14-6-7-22(17(13)14)10-12-3-5-16(19-9-12)25(18,23)24/h2-9H,10H2,1H3,(H2,18,23,24). The third kappa shape index (κ3) is 2.86. The van der Waals surface area contributed by atoms with E-state index in [0.29, 0.717) is 6.54 Å². The van der Waals surface area contributed by atoms with Crippen molar-refractivity contribution in [1.82, 2.24) is 19.7 Å². The van der Waals surface area contributed by atoms with Crippen LogP contribution in [0.3, 0.4) is 0 Å². The monoisotopic (exact) mass is 353 g/mol. The van der Waals surface area contributed by atoms with Crippen molar-refractivity contribution in [2.24, 2.45) is 5.14 Å². The first-order valence-electron chi connectivity index (χ1n) is 7.61. The van der Waals surface area contributed by atoms with Gasteiger partial charge in [-0.2, -0.15) is 0 Å². The number of primary sulfonamides is 1. The largest absolute Gasteiger partial charge is 0.341 e. The molecule has 0 bridgehead atoms. The quantitative estimate of drug-likeness (QED) is 0.606. The fourth-order valence-corrected chi connectivity index (χ4v) is 3.33. The first-order chi connectivity index (χ1) is 11.9. The number of pyridine rings is 1. The molecular formula is C17H15N5O2S. The molecule has 0 saturated heterocycles. The van der Waals surface area contributed by atoms with Crippen LogP contribution in [0, 0.1) is 6.92 Å². The van der Waals surface area contributed by atoms with Crippen molar-refractivity contribution in [2.45, 2.75) is 18.5 Å². The summed E-state index contributed by atoms with van der Waals surface area (Å²) in [6.07, 6.45) is 3.46. The number of nitrogens with zero attached hydrogens (tertiary/aromatic N) is 4. The molecule has 0 unspecified atom stereocenters. The van der Waals surface area contributed by atoms with Crippen LogP contribution < -0.4 is 5.14 Å². The lowest BCUT2D eigenvalue weighted by atomic mass is 10.1. The maximum absolute atomic E-state index is 11.3. The fraction of sp³-hybridized carbons (Fsp3) is 0.118. The van der Waals surface area contributed by atoms with Crippen LogP contribution in [0.4, 0.5) is 0 Å². The highest BCUT2D eigenvalue weighted by molar-refractivity contribution is 7.89. The van der Waals surface area contributed by atoms with Gasteiger partial charge in [0, 0.05) is 24.3 Å². The third-order valence-electron chi connectivity index (χ3n) is 4.06. The average molecular weight is 353 g/mol. The molecule has 8 heteroatoms. The molecule has 0 fully saturated rings. The predicted molar refractivity (Wildman–Crippen MR) is 94.5 cm³/mol. The minimum Gasteiger partial charge on any atom is -0.341 e. The van der Waals surface area contributed by atoms with E-state index in [4.69, 9.17) is 5.14 Å². The molecule has 3 heterocycles. The molecule has 0 aliphatic rings. The van der Waals surface area contributed by atoms with Gasteiger partial charge in [0.1, 0.15) is 5.52 Å². The molecule has 25 heavy (non-hydrogen) atoms. The summed E-state index contributed by atoms with van der Waals surface area (Å²) in [5.74, 6) is 0. The van der Waals surface area contributed by atoms with E-state index in [2.05, 4.69) is 19.7 Å². The van der Waals surface area contributed by atoms with Crippen molar-refractivity contribution in [3.8, 4) is 0 Å². The summed E-state index contributed by atoms with van der Waals surface area (Å²) < 4.78 is 24.7. The molecule has 0 radical (unpaired) electrons. The fourth-order valence-electron chi connectivity index (χ4n) is 2.87. The molecule has 7 nitrogen and oxygen atoms in total. The van der Waals surface area contributed by atoms with Gasteiger partial charge in [-0.1, -0.05) is 18.2 Å². The normalized spacial score (nSPS) is 12.1. The van der Waals surface area contributed by atoms with E-state index in [-0.39, 0.29) is 5.03 Å². The van der Waals surface area contributed by atoms with Gasteiger partial charge in [-0.25, -0.2) is 18.5 Å². The SMILES string of the molecule is Cc1ccc2c(c1)nnc1ccn(Cc3ccc(S(N)(=O)=O)nc3)c12. The molecule has 2 N–H and O–H groups in total. The van der Waals surface area contributed by atoms with Gasteiger partial charge in [-0.15, -0.1) is 10.2 Å². The van der Waals surface area contributed by atoms with Crippen LogP contribution in [0.25, 0.3) is 21.9 Å². The summed E-state index contributed by atoms with van der Waals surface area (Å²) in [6.45, 7) is 2.55. The lowest BCUT2D eigenvalue weighted by Gasteiger charge is -2.08. The average Bonchev–Trinajstić information content (AvgIpc) is 2.97. The zero-order valence-electron chi connectivity index (χ0n) is 13.4. The Morgan fingerprint density at radius 3 is 2.60 bits per heavy atom. The molecule has 0 atom stereocenters. The van der Waals surface area contributed by atoms with Crippen molar-refractivity contribution in [1.29, 1.82) is 0 Å². The molecule has 0 saturated carbocycles. The zero-order valence-corrected chi connectivity index (χ0v) is 14.2. The smallest absolute Gasteiger partial charge is 0.255 e. The highest BCUT2D eigenvalue weighted by Gasteiger charge is 2.11. The third-order valence-corrected chi connectivity index (χ3v) is 4.88. The van der Waals surface area contributed by atoms with Crippen LogP contribution in [-0.2, 0) is 16.6 Å². The van der Waals surface area contributed by atoms with Gasteiger partial charge in [0.2, 0.25) is 0 Å². The van der Waals surface area contributed by atoms with E-state index in [1.165, 1.54) is 12.3 Å². The first-order valence-corrected chi connectivity index (χ1v) is 9.16. The van der Waals surface area contributed by atoms with Gasteiger partial charge < -0.3 is 4.57 Å². The Balaban J connectivity index is 1.79. The van der Waals surface area contributed by atoms with Crippen LogP contribution >= 0.6 is 0 Å². The van der Waals surface area contributed by atoms with Crippen molar-refractivity contribution >= 4 is 32.0 Å². The highest BCUT2D eigenvalue weighted by Crippen LogP contribution is 2.24. The number of rotatable bonds is 3. The van der Waals surface area contributed by atoms with E-state index in [9.17, 15) is 8.42 Å². The first kappa shape index (κ1) is 15.7. The van der Waals surface area contributed by atoms with Crippen molar-refractivity contribution in [2.75, 3.05) is 0 Å². The van der Waals surface area contributed by atoms with Crippen LogP contribution in [-0.4, -0.2) is 28.2 Å². The Hall–Kier alpha value is -2.84. The Bertz CT molecular complexity index is 1200. The van der Waals surface area contributed by atoms with Crippen molar-refractivity contribution < 1.29 is 8.42 Å². The van der Waals surface area contributed by atoms with Crippen LogP contribution in [0.15, 0.2) is 53.8 Å². The second-order valence-corrected chi connectivity index (χ2v) is 7.46. The molecular weight excluding hydrogens is 338 g/mol. The lowest BCUT2D eigenvalue weighted by Crippen LogP contribution is -2.14. The second-order valence-electron chi connectivity index (χ2n) is 5.95. The van der Waals surface area contributed by atoms with E-state index in [1.807, 2.05) is 37.4 Å². The minimum atomic E-state index is -3.79. The Morgan fingerprint density at radius 1 is 1.08 bits per heavy atom. The highest BCUT2D eigenvalue weighted by atomic mass is 32.2. The maximum Gasteiger partial charge on any atom is 0.255 e. The van der Waals surface area contributed by atoms with Crippen LogP contribution in [0.2, 0.25) is 0 Å². The summed E-state index contributed by atoms with van der Waals surface area (Å²) in [5.41, 5.74) is 4.63. The summed E-state index contributed by atoms with van der Waals surface area (Å²) in [5, 5.41) is 14.5. The molecule has 4 rings (SSSR count). The number of aromatic nitrogens is 4. The number of fused-ring (bicyclic) bond motifs is 3. The molecule has 0 spiro atoms. The predicted octanol–water partition coefficient (Wildman–Crippen LogP) is 1.98. The Kier molecular flexibility index (Phi) is 3.52. The summed E-state index contributed by atoms with van der Waals surface area (Å²) >= 11 is 0. The summed E-state index contributed by atoms with van der Waals surface area (Å²) in [4.78, 5) is 3.93. The molecule has 0 aliphatic carbocycles. The molecule has 126 valence electrons. The van der Waals surface area contributed by atoms with Gasteiger partial charge >= 0.3 is 0 Å². The molecule has 4 aromatic rings. The van der Waals surface area contributed by atoms with E-state index >= 15 is 0 Å². The number of hydrogen-bond donors (Lipinski definition) is 1. The molecule has 0 amide bonds. The minimum absolute atomic E-state index is 0.139. The molecule has 0 aliphatic heterocycles. The number of sulfonamides is 1. The van der Waals surface area contributed by atoms with Gasteiger partial charge in [0.15, 0.2) is 5.03 Å². The summed E-state index contributed by atoms with van der Waals surface area (Å²) in [7, 11) is -3.79. The topological polar surface area (TPSA) is 104 Å². The van der Waals surface area contributed by atoms with E-state index in [1.54, 1.807) is 6.07 Å². The van der Waals surface area contributed by atoms with Gasteiger partial charge in [0.05, 0.1) is 11.0 Å². The van der Waals surface area contributed by atoms with E-state index < -0.39 is 10.0 Å². The lowest BCUT2D eigenvalue weighted by molar-refractivity contribution is 0.594. The number of aryl methyl sites for hydroxylation is 1. The Morgan fingerprint density at radius 2 is 1.88 bits per heavy atom. The van der Waals surface area contributed by atoms with Crippen molar-refractivity contribution in [3.63, 3.8) is 0 Å². The van der Waals surface area contributed by atoms with Crippen molar-refractivity contribution in [3.05, 3.63) is 59.9 Å². The van der Waals surface area contributed by atoms with Gasteiger partial charge in [0.25, 0.3) is 10.0 Å². The van der Waals surface area contributed by atoms with Crippen LogP contribution in [0.1, 0.15) is 11.1 Å². The van der Waals surface area contributed by atoms with Gasteiger partial charge in [-0.05, 0) is 36.2 Å². The Labute approximate surface area is 144 Å². The summed E-state index contributed by atoms with van der Waals surface area (Å²) in [6, 6.07) is 11.1. The molecule has 3 aromatic heterocycles.